The molecule has 2 aliphatic rings. The lowest BCUT2D eigenvalue weighted by Gasteiger charge is -2.45. The number of fused-ring (bicyclic) bond motifs is 1. The third kappa shape index (κ3) is 2.97. The molecule has 1 aliphatic heterocycles. The molecule has 2 fully saturated rings. The van der Waals surface area contributed by atoms with Crippen molar-refractivity contribution >= 4 is 5.97 Å². The van der Waals surface area contributed by atoms with Crippen molar-refractivity contribution in [3.63, 3.8) is 0 Å². The molecule has 1 saturated carbocycles. The molecule has 0 radical (unpaired) electrons. The van der Waals surface area contributed by atoms with Crippen LogP contribution in [-0.4, -0.2) is 37.7 Å². The zero-order valence-corrected chi connectivity index (χ0v) is 14.2. The van der Waals surface area contributed by atoms with Crippen molar-refractivity contribution in [3.05, 3.63) is 29.8 Å². The van der Waals surface area contributed by atoms with Gasteiger partial charge in [0, 0.05) is 5.54 Å². The number of carbonyl (C=O) groups is 1. The highest BCUT2D eigenvalue weighted by Gasteiger charge is 2.51. The van der Waals surface area contributed by atoms with Crippen molar-refractivity contribution in [1.29, 1.82) is 0 Å². The minimum atomic E-state index is -0.110. The standard InChI is InChI=1S/C19H27NO3/c1-3-23-18(21)14-20-12-10-15-7-4-5-11-19(15,20)16-8-6-9-17(13-16)22-2/h6,8-9,13,15H,3-5,7,10-12,14H2,1-2H3/t15-,19-/m0/s1. The predicted octanol–water partition coefficient (Wildman–Crippen LogP) is 3.35. The van der Waals surface area contributed by atoms with Crippen LogP contribution in [0, 0.1) is 5.92 Å². The topological polar surface area (TPSA) is 38.8 Å². The molecule has 3 rings (SSSR count). The summed E-state index contributed by atoms with van der Waals surface area (Å²) in [6, 6.07) is 8.41. The van der Waals surface area contributed by atoms with Crippen LogP contribution in [0.3, 0.4) is 0 Å². The molecule has 1 aromatic carbocycles. The lowest BCUT2D eigenvalue weighted by Crippen LogP contribution is -2.49. The smallest absolute Gasteiger partial charge is 0.320 e. The first-order valence-electron chi connectivity index (χ1n) is 8.76. The number of esters is 1. The molecule has 0 unspecified atom stereocenters. The number of likely N-dealkylation sites (tertiary alicyclic amines) is 1. The largest absolute Gasteiger partial charge is 0.497 e. The van der Waals surface area contributed by atoms with Gasteiger partial charge in [0.2, 0.25) is 0 Å². The number of nitrogens with zero attached hydrogens (tertiary/aromatic N) is 1. The van der Waals surface area contributed by atoms with E-state index in [1.54, 1.807) is 7.11 Å². The fraction of sp³-hybridized carbons (Fsp3) is 0.632. The van der Waals surface area contributed by atoms with E-state index in [2.05, 4.69) is 23.1 Å². The Kier molecular flexibility index (Phi) is 4.90. The SMILES string of the molecule is CCOC(=O)CN1CC[C@@H]2CCCC[C@@]21c1cccc(OC)c1. The minimum absolute atomic E-state index is 0.0282. The molecule has 0 spiro atoms. The average molecular weight is 317 g/mol. The van der Waals surface area contributed by atoms with Crippen LogP contribution in [0.1, 0.15) is 44.6 Å². The quantitative estimate of drug-likeness (QED) is 0.781. The van der Waals surface area contributed by atoms with Crippen molar-refractivity contribution in [2.24, 2.45) is 5.92 Å². The number of hydrogen-bond donors (Lipinski definition) is 0. The second-order valence-corrected chi connectivity index (χ2v) is 6.61. The van der Waals surface area contributed by atoms with Gasteiger partial charge >= 0.3 is 5.97 Å². The maximum Gasteiger partial charge on any atom is 0.320 e. The van der Waals surface area contributed by atoms with E-state index in [9.17, 15) is 4.79 Å². The summed E-state index contributed by atoms with van der Waals surface area (Å²) in [5.41, 5.74) is 1.27. The van der Waals surface area contributed by atoms with Gasteiger partial charge in [0.05, 0.1) is 20.3 Å². The summed E-state index contributed by atoms with van der Waals surface area (Å²) >= 11 is 0. The Morgan fingerprint density at radius 2 is 2.22 bits per heavy atom. The van der Waals surface area contributed by atoms with Gasteiger partial charge in [0.1, 0.15) is 5.75 Å². The van der Waals surface area contributed by atoms with E-state index in [1.807, 2.05) is 13.0 Å². The van der Waals surface area contributed by atoms with Crippen LogP contribution in [0.15, 0.2) is 24.3 Å². The summed E-state index contributed by atoms with van der Waals surface area (Å²) < 4.78 is 10.6. The summed E-state index contributed by atoms with van der Waals surface area (Å²) in [6.07, 6.45) is 6.04. The first-order valence-corrected chi connectivity index (χ1v) is 8.76. The second-order valence-electron chi connectivity index (χ2n) is 6.61. The number of rotatable bonds is 5. The first-order chi connectivity index (χ1) is 11.2. The van der Waals surface area contributed by atoms with E-state index in [0.717, 1.165) is 25.1 Å². The maximum absolute atomic E-state index is 12.1. The van der Waals surface area contributed by atoms with Gasteiger partial charge in [-0.2, -0.15) is 0 Å². The molecule has 1 saturated heterocycles. The van der Waals surface area contributed by atoms with Gasteiger partial charge < -0.3 is 9.47 Å². The molecular formula is C19H27NO3. The third-order valence-corrected chi connectivity index (χ3v) is 5.54. The molecule has 0 N–H and O–H groups in total. The van der Waals surface area contributed by atoms with Crippen molar-refractivity contribution < 1.29 is 14.3 Å². The van der Waals surface area contributed by atoms with Crippen LogP contribution in [-0.2, 0) is 15.1 Å². The molecule has 126 valence electrons. The molecular weight excluding hydrogens is 290 g/mol. The van der Waals surface area contributed by atoms with Crippen LogP contribution in [0.25, 0.3) is 0 Å². The van der Waals surface area contributed by atoms with E-state index in [0.29, 0.717) is 19.1 Å². The molecule has 4 heteroatoms. The summed E-state index contributed by atoms with van der Waals surface area (Å²) in [6.45, 7) is 3.67. The summed E-state index contributed by atoms with van der Waals surface area (Å²) in [4.78, 5) is 14.4. The van der Waals surface area contributed by atoms with Gasteiger partial charge in [0.25, 0.3) is 0 Å². The van der Waals surface area contributed by atoms with Crippen LogP contribution < -0.4 is 4.74 Å². The zero-order chi connectivity index (χ0) is 16.3. The Balaban J connectivity index is 1.94. The van der Waals surface area contributed by atoms with Crippen molar-refractivity contribution in [3.8, 4) is 5.75 Å². The molecule has 0 amide bonds. The molecule has 1 heterocycles. The molecule has 1 aliphatic carbocycles. The predicted molar refractivity (Wildman–Crippen MR) is 89.5 cm³/mol. The molecule has 23 heavy (non-hydrogen) atoms. The summed E-state index contributed by atoms with van der Waals surface area (Å²) in [5, 5.41) is 0. The maximum atomic E-state index is 12.1. The zero-order valence-electron chi connectivity index (χ0n) is 14.2. The van der Waals surface area contributed by atoms with Gasteiger partial charge in [-0.1, -0.05) is 25.0 Å². The van der Waals surface area contributed by atoms with Crippen LogP contribution >= 0.6 is 0 Å². The fourth-order valence-corrected chi connectivity index (χ4v) is 4.58. The number of ether oxygens (including phenoxy) is 2. The van der Waals surface area contributed by atoms with E-state index >= 15 is 0 Å². The minimum Gasteiger partial charge on any atom is -0.497 e. The number of benzene rings is 1. The Morgan fingerprint density at radius 1 is 1.35 bits per heavy atom. The molecule has 0 aromatic heterocycles. The van der Waals surface area contributed by atoms with E-state index in [1.165, 1.54) is 24.8 Å². The van der Waals surface area contributed by atoms with Crippen molar-refractivity contribution in [2.75, 3.05) is 26.8 Å². The van der Waals surface area contributed by atoms with Gasteiger partial charge in [-0.15, -0.1) is 0 Å². The number of hydrogen-bond acceptors (Lipinski definition) is 4. The van der Waals surface area contributed by atoms with Gasteiger partial charge in [-0.05, 0) is 56.3 Å². The van der Waals surface area contributed by atoms with Gasteiger partial charge in [0.15, 0.2) is 0 Å². The molecule has 1 aromatic rings. The molecule has 2 atom stereocenters. The highest BCUT2D eigenvalue weighted by Crippen LogP contribution is 2.52. The third-order valence-electron chi connectivity index (χ3n) is 5.54. The number of carbonyl (C=O) groups excluding carboxylic acids is 1. The lowest BCUT2D eigenvalue weighted by molar-refractivity contribution is -0.146. The highest BCUT2D eigenvalue weighted by molar-refractivity contribution is 5.72. The Morgan fingerprint density at radius 3 is 3.00 bits per heavy atom. The fourth-order valence-electron chi connectivity index (χ4n) is 4.58. The normalized spacial score (nSPS) is 27.5. The lowest BCUT2D eigenvalue weighted by atomic mass is 9.69. The Bertz CT molecular complexity index is 559. The van der Waals surface area contributed by atoms with Gasteiger partial charge in [-0.3, -0.25) is 9.69 Å². The number of methoxy groups -OCH3 is 1. The van der Waals surface area contributed by atoms with Crippen LogP contribution in [0.5, 0.6) is 5.75 Å². The molecule has 4 nitrogen and oxygen atoms in total. The highest BCUT2D eigenvalue weighted by atomic mass is 16.5. The van der Waals surface area contributed by atoms with E-state index in [4.69, 9.17) is 9.47 Å². The molecule has 0 bridgehead atoms. The summed E-state index contributed by atoms with van der Waals surface area (Å²) in [7, 11) is 1.71. The monoisotopic (exact) mass is 317 g/mol. The van der Waals surface area contributed by atoms with E-state index in [-0.39, 0.29) is 11.5 Å². The van der Waals surface area contributed by atoms with Gasteiger partial charge in [-0.25, -0.2) is 0 Å². The average Bonchev–Trinajstić information content (AvgIpc) is 2.95. The second kappa shape index (κ2) is 6.91. The summed E-state index contributed by atoms with van der Waals surface area (Å²) in [5.74, 6) is 1.41. The van der Waals surface area contributed by atoms with Crippen LogP contribution in [0.4, 0.5) is 0 Å². The van der Waals surface area contributed by atoms with Crippen LogP contribution in [0.2, 0.25) is 0 Å². The first kappa shape index (κ1) is 16.3. The van der Waals surface area contributed by atoms with Crippen molar-refractivity contribution in [1.82, 2.24) is 4.90 Å². The van der Waals surface area contributed by atoms with E-state index < -0.39 is 0 Å². The Hall–Kier alpha value is -1.55. The van der Waals surface area contributed by atoms with Crippen molar-refractivity contribution in [2.45, 2.75) is 44.6 Å². The Labute approximate surface area is 138 Å².